The van der Waals surface area contributed by atoms with Gasteiger partial charge in [-0.05, 0) is 43.0 Å². The molecule has 0 bridgehead atoms. The van der Waals surface area contributed by atoms with Crippen molar-refractivity contribution in [3.05, 3.63) is 53.3 Å². The Hall–Kier alpha value is -1.74. The van der Waals surface area contributed by atoms with E-state index in [0.29, 0.717) is 0 Å². The number of rotatable bonds is 3. The topological polar surface area (TPSA) is 61.3 Å². The van der Waals surface area contributed by atoms with Gasteiger partial charge in [0.2, 0.25) is 0 Å². The van der Waals surface area contributed by atoms with Crippen LogP contribution in [0.4, 0.5) is 0 Å². The fourth-order valence-corrected chi connectivity index (χ4v) is 2.38. The van der Waals surface area contributed by atoms with E-state index in [-0.39, 0.29) is 5.54 Å². The molecule has 0 saturated carbocycles. The van der Waals surface area contributed by atoms with E-state index in [1.54, 1.807) is 7.11 Å². The second-order valence-electron chi connectivity index (χ2n) is 4.97. The average Bonchev–Trinajstić information content (AvgIpc) is 2.35. The molecule has 1 aliphatic rings. The third-order valence-corrected chi connectivity index (χ3v) is 3.39. The minimum atomic E-state index is -0.373. The summed E-state index contributed by atoms with van der Waals surface area (Å²) in [7, 11) is 1.68. The van der Waals surface area contributed by atoms with Crippen molar-refractivity contribution in [2.45, 2.75) is 25.3 Å². The van der Waals surface area contributed by atoms with Gasteiger partial charge in [-0.2, -0.15) is 0 Å². The van der Waals surface area contributed by atoms with Crippen LogP contribution in [0.2, 0.25) is 0 Å². The quantitative estimate of drug-likeness (QED) is 0.856. The maximum atomic E-state index is 6.44. The Kier molecular flexibility index (Phi) is 3.43. The van der Waals surface area contributed by atoms with Crippen molar-refractivity contribution in [1.82, 2.24) is 0 Å². The van der Waals surface area contributed by atoms with Crippen LogP contribution in [-0.4, -0.2) is 12.6 Å². The highest BCUT2D eigenvalue weighted by molar-refractivity contribution is 5.39. The number of methoxy groups -OCH3 is 1. The van der Waals surface area contributed by atoms with Crippen molar-refractivity contribution in [3.63, 3.8) is 0 Å². The second-order valence-corrected chi connectivity index (χ2v) is 4.97. The fourth-order valence-electron chi connectivity index (χ4n) is 2.38. The third kappa shape index (κ3) is 2.57. The molecule has 0 heterocycles. The lowest BCUT2D eigenvalue weighted by Gasteiger charge is -2.30. The summed E-state index contributed by atoms with van der Waals surface area (Å²) in [4.78, 5) is 0. The molecule has 0 radical (unpaired) electrons. The smallest absolute Gasteiger partial charge is 0.122 e. The van der Waals surface area contributed by atoms with Gasteiger partial charge in [0.25, 0.3) is 0 Å². The maximum Gasteiger partial charge on any atom is 0.122 e. The Morgan fingerprint density at radius 2 is 2.06 bits per heavy atom. The van der Waals surface area contributed by atoms with Crippen LogP contribution in [-0.2, 0) is 6.42 Å². The van der Waals surface area contributed by atoms with Crippen LogP contribution in [0.5, 0.6) is 5.75 Å². The first kappa shape index (κ1) is 12.7. The van der Waals surface area contributed by atoms with Crippen molar-refractivity contribution in [3.8, 4) is 5.75 Å². The van der Waals surface area contributed by atoms with Gasteiger partial charge in [0, 0.05) is 11.2 Å². The Morgan fingerprint density at radius 1 is 1.33 bits per heavy atom. The summed E-state index contributed by atoms with van der Waals surface area (Å²) in [5.41, 5.74) is 15.0. The first-order chi connectivity index (χ1) is 8.54. The van der Waals surface area contributed by atoms with E-state index in [4.69, 9.17) is 16.2 Å². The van der Waals surface area contributed by atoms with Gasteiger partial charge in [-0.15, -0.1) is 0 Å². The van der Waals surface area contributed by atoms with Crippen molar-refractivity contribution < 1.29 is 4.74 Å². The molecule has 1 unspecified atom stereocenters. The number of ether oxygens (including phenoxy) is 1. The Labute approximate surface area is 108 Å². The SMILES string of the molecule is COc1ccccc1CC1(N)C=CC(N)=C(C)C1. The molecule has 1 aromatic rings. The predicted molar refractivity (Wildman–Crippen MR) is 74.3 cm³/mol. The van der Waals surface area contributed by atoms with Gasteiger partial charge < -0.3 is 16.2 Å². The molecule has 18 heavy (non-hydrogen) atoms. The molecule has 3 nitrogen and oxygen atoms in total. The van der Waals surface area contributed by atoms with Crippen molar-refractivity contribution in [2.24, 2.45) is 11.5 Å². The summed E-state index contributed by atoms with van der Waals surface area (Å²) in [6, 6.07) is 7.98. The summed E-state index contributed by atoms with van der Waals surface area (Å²) < 4.78 is 5.36. The maximum absolute atomic E-state index is 6.44. The molecule has 0 aromatic heterocycles. The second kappa shape index (κ2) is 4.86. The number of hydrogen-bond acceptors (Lipinski definition) is 3. The van der Waals surface area contributed by atoms with E-state index in [0.717, 1.165) is 35.4 Å². The molecule has 0 amide bonds. The highest BCUT2D eigenvalue weighted by Crippen LogP contribution is 2.29. The van der Waals surface area contributed by atoms with Crippen molar-refractivity contribution in [2.75, 3.05) is 7.11 Å². The van der Waals surface area contributed by atoms with Crippen molar-refractivity contribution in [1.29, 1.82) is 0 Å². The summed E-state index contributed by atoms with van der Waals surface area (Å²) in [6.45, 7) is 2.03. The molecule has 2 rings (SSSR count). The number of nitrogens with two attached hydrogens (primary N) is 2. The molecule has 4 N–H and O–H groups in total. The largest absolute Gasteiger partial charge is 0.496 e. The van der Waals surface area contributed by atoms with Crippen LogP contribution < -0.4 is 16.2 Å². The predicted octanol–water partition coefficient (Wildman–Crippen LogP) is 2.13. The van der Waals surface area contributed by atoms with E-state index in [1.165, 1.54) is 0 Å². The first-order valence-corrected chi connectivity index (χ1v) is 6.09. The Morgan fingerprint density at radius 3 is 2.72 bits per heavy atom. The summed E-state index contributed by atoms with van der Waals surface area (Å²) >= 11 is 0. The third-order valence-electron chi connectivity index (χ3n) is 3.39. The van der Waals surface area contributed by atoms with Gasteiger partial charge in [-0.3, -0.25) is 0 Å². The van der Waals surface area contributed by atoms with Gasteiger partial charge in [-0.1, -0.05) is 24.3 Å². The molecular formula is C15H20N2O. The molecule has 1 atom stereocenters. The zero-order chi connectivity index (χ0) is 13.2. The highest BCUT2D eigenvalue weighted by atomic mass is 16.5. The van der Waals surface area contributed by atoms with Gasteiger partial charge in [0.15, 0.2) is 0 Å². The van der Waals surface area contributed by atoms with E-state index < -0.39 is 0 Å². The summed E-state index contributed by atoms with van der Waals surface area (Å²) in [5, 5.41) is 0. The van der Waals surface area contributed by atoms with Crippen LogP contribution >= 0.6 is 0 Å². The lowest BCUT2D eigenvalue weighted by Crippen LogP contribution is -2.42. The first-order valence-electron chi connectivity index (χ1n) is 6.09. The monoisotopic (exact) mass is 244 g/mol. The van der Waals surface area contributed by atoms with Gasteiger partial charge in [0.1, 0.15) is 5.75 Å². The van der Waals surface area contributed by atoms with Gasteiger partial charge in [0.05, 0.1) is 7.11 Å². The van der Waals surface area contributed by atoms with Gasteiger partial charge in [-0.25, -0.2) is 0 Å². The zero-order valence-electron chi connectivity index (χ0n) is 10.9. The Balaban J connectivity index is 2.22. The van der Waals surface area contributed by atoms with E-state index in [9.17, 15) is 0 Å². The van der Waals surface area contributed by atoms with Gasteiger partial charge >= 0.3 is 0 Å². The minimum Gasteiger partial charge on any atom is -0.496 e. The molecule has 0 aliphatic heterocycles. The molecular weight excluding hydrogens is 224 g/mol. The highest BCUT2D eigenvalue weighted by Gasteiger charge is 2.27. The number of hydrogen-bond donors (Lipinski definition) is 2. The molecule has 0 saturated heterocycles. The van der Waals surface area contributed by atoms with Crippen LogP contribution in [0.1, 0.15) is 18.9 Å². The lowest BCUT2D eigenvalue weighted by atomic mass is 9.82. The fraction of sp³-hybridized carbons (Fsp3) is 0.333. The molecule has 1 aliphatic carbocycles. The zero-order valence-corrected chi connectivity index (χ0v) is 10.9. The number of para-hydroxylation sites is 1. The lowest BCUT2D eigenvalue weighted by molar-refractivity contribution is 0.402. The van der Waals surface area contributed by atoms with Crippen LogP contribution in [0.3, 0.4) is 0 Å². The standard InChI is InChI=1S/C15H20N2O/c1-11-9-15(17,8-7-13(11)16)10-12-5-3-4-6-14(12)18-2/h3-8H,9-10,16-17H2,1-2H3. The van der Waals surface area contributed by atoms with Crippen LogP contribution in [0.15, 0.2) is 47.7 Å². The number of allylic oxidation sites excluding steroid dienone is 1. The van der Waals surface area contributed by atoms with Crippen LogP contribution in [0, 0.1) is 0 Å². The number of benzene rings is 1. The molecule has 0 spiro atoms. The summed E-state index contributed by atoms with van der Waals surface area (Å²) in [5.74, 6) is 0.885. The van der Waals surface area contributed by atoms with Crippen molar-refractivity contribution >= 4 is 0 Å². The molecule has 3 heteroatoms. The molecule has 0 fully saturated rings. The Bertz CT molecular complexity index is 505. The van der Waals surface area contributed by atoms with E-state index in [1.807, 2.05) is 37.3 Å². The van der Waals surface area contributed by atoms with E-state index >= 15 is 0 Å². The van der Waals surface area contributed by atoms with Crippen LogP contribution in [0.25, 0.3) is 0 Å². The molecule has 1 aromatic carbocycles. The van der Waals surface area contributed by atoms with E-state index in [2.05, 4.69) is 6.07 Å². The molecule has 96 valence electrons. The summed E-state index contributed by atoms with van der Waals surface area (Å²) in [6.07, 6.45) is 5.45. The normalized spacial score (nSPS) is 23.3. The minimum absolute atomic E-state index is 0.373. The average molecular weight is 244 g/mol.